The number of benzene rings is 1. The molecule has 0 heterocycles. The third-order valence-corrected chi connectivity index (χ3v) is 4.48. The number of rotatable bonds is 4. The highest BCUT2D eigenvalue weighted by molar-refractivity contribution is 7.80. The molecule has 1 aliphatic rings. The molecule has 0 radical (unpaired) electrons. The fraction of sp³-hybridized carbons (Fsp3) is 0.500. The summed E-state index contributed by atoms with van der Waals surface area (Å²) in [6.45, 7) is 2.03. The van der Waals surface area contributed by atoms with E-state index >= 15 is 0 Å². The molecule has 3 N–H and O–H groups in total. The van der Waals surface area contributed by atoms with Gasteiger partial charge < -0.3 is 15.8 Å². The lowest BCUT2D eigenvalue weighted by atomic mass is 9.75. The summed E-state index contributed by atoms with van der Waals surface area (Å²) in [6, 6.07) is 5.40. The van der Waals surface area contributed by atoms with Crippen molar-refractivity contribution in [2.75, 3.05) is 12.4 Å². The molecule has 0 unspecified atom stereocenters. The first-order chi connectivity index (χ1) is 9.98. The summed E-state index contributed by atoms with van der Waals surface area (Å²) in [5.74, 6) is 0.595. The quantitative estimate of drug-likeness (QED) is 0.838. The standard InChI is InChI=1S/C16H22N2O2S/c1-16(9-4-3-5-10-16)15(19)18-13-11(14(17)21)7-6-8-12(13)20-2/h6-8H,3-5,9-10H2,1-2H3,(H2,17,21)(H,18,19). The zero-order valence-corrected chi connectivity index (χ0v) is 13.4. The highest BCUT2D eigenvalue weighted by Crippen LogP contribution is 2.38. The Morgan fingerprint density at radius 2 is 2.00 bits per heavy atom. The molecule has 0 aromatic heterocycles. The summed E-state index contributed by atoms with van der Waals surface area (Å²) in [5.41, 5.74) is 6.63. The molecule has 1 aliphatic carbocycles. The van der Waals surface area contributed by atoms with Crippen molar-refractivity contribution in [3.05, 3.63) is 23.8 Å². The highest BCUT2D eigenvalue weighted by atomic mass is 32.1. The van der Waals surface area contributed by atoms with Crippen LogP contribution in [0.5, 0.6) is 5.75 Å². The van der Waals surface area contributed by atoms with Crippen molar-refractivity contribution < 1.29 is 9.53 Å². The van der Waals surface area contributed by atoms with E-state index in [0.717, 1.165) is 25.7 Å². The van der Waals surface area contributed by atoms with Gasteiger partial charge in [0.2, 0.25) is 5.91 Å². The third kappa shape index (κ3) is 3.35. The largest absolute Gasteiger partial charge is 0.495 e. The molecule has 1 fully saturated rings. The van der Waals surface area contributed by atoms with E-state index in [-0.39, 0.29) is 16.3 Å². The van der Waals surface area contributed by atoms with Gasteiger partial charge in [0.15, 0.2) is 0 Å². The molecule has 1 aromatic carbocycles. The van der Waals surface area contributed by atoms with Crippen LogP contribution in [0.15, 0.2) is 18.2 Å². The molecular formula is C16H22N2O2S. The van der Waals surface area contributed by atoms with Crippen LogP contribution in [0.4, 0.5) is 5.69 Å². The van der Waals surface area contributed by atoms with Crippen LogP contribution >= 0.6 is 12.2 Å². The second-order valence-corrected chi connectivity index (χ2v) is 6.26. The van der Waals surface area contributed by atoms with Gasteiger partial charge in [0, 0.05) is 11.0 Å². The van der Waals surface area contributed by atoms with E-state index in [1.807, 2.05) is 13.0 Å². The average Bonchev–Trinajstić information content (AvgIpc) is 2.47. The molecule has 4 nitrogen and oxygen atoms in total. The lowest BCUT2D eigenvalue weighted by Crippen LogP contribution is -2.36. The van der Waals surface area contributed by atoms with Crippen LogP contribution in [0.1, 0.15) is 44.6 Å². The third-order valence-electron chi connectivity index (χ3n) is 4.26. The Labute approximate surface area is 131 Å². The monoisotopic (exact) mass is 306 g/mol. The Kier molecular flexibility index (Phi) is 4.83. The van der Waals surface area contributed by atoms with Gasteiger partial charge in [-0.2, -0.15) is 0 Å². The van der Waals surface area contributed by atoms with Crippen LogP contribution in [0.3, 0.4) is 0 Å². The van der Waals surface area contributed by atoms with Crippen LogP contribution in [-0.4, -0.2) is 18.0 Å². The number of methoxy groups -OCH3 is 1. The van der Waals surface area contributed by atoms with Crippen LogP contribution in [0.25, 0.3) is 0 Å². The lowest BCUT2D eigenvalue weighted by molar-refractivity contribution is -0.126. The van der Waals surface area contributed by atoms with Gasteiger partial charge in [-0.15, -0.1) is 0 Å². The first-order valence-corrected chi connectivity index (χ1v) is 7.67. The van der Waals surface area contributed by atoms with E-state index < -0.39 is 0 Å². The van der Waals surface area contributed by atoms with Crippen molar-refractivity contribution in [2.45, 2.75) is 39.0 Å². The predicted octanol–water partition coefficient (Wildman–Crippen LogP) is 3.24. The van der Waals surface area contributed by atoms with E-state index in [4.69, 9.17) is 22.7 Å². The maximum absolute atomic E-state index is 12.7. The Morgan fingerprint density at radius 1 is 1.33 bits per heavy atom. The van der Waals surface area contributed by atoms with E-state index in [1.165, 1.54) is 6.42 Å². The van der Waals surface area contributed by atoms with Gasteiger partial charge in [0.05, 0.1) is 12.8 Å². The van der Waals surface area contributed by atoms with Crippen molar-refractivity contribution in [1.82, 2.24) is 0 Å². The first kappa shape index (κ1) is 15.8. The number of carbonyl (C=O) groups is 1. The number of hydrogen-bond acceptors (Lipinski definition) is 3. The van der Waals surface area contributed by atoms with E-state index in [9.17, 15) is 4.79 Å². The summed E-state index contributed by atoms with van der Waals surface area (Å²) in [4.78, 5) is 12.9. The van der Waals surface area contributed by atoms with Crippen molar-refractivity contribution in [3.8, 4) is 5.75 Å². The normalized spacial score (nSPS) is 17.0. The van der Waals surface area contributed by atoms with E-state index in [2.05, 4.69) is 5.32 Å². The number of amides is 1. The van der Waals surface area contributed by atoms with Crippen molar-refractivity contribution in [2.24, 2.45) is 11.1 Å². The number of ether oxygens (including phenoxy) is 1. The van der Waals surface area contributed by atoms with Crippen molar-refractivity contribution in [3.63, 3.8) is 0 Å². The maximum atomic E-state index is 12.7. The molecular weight excluding hydrogens is 284 g/mol. The zero-order chi connectivity index (χ0) is 15.5. The molecule has 0 saturated heterocycles. The van der Waals surface area contributed by atoms with Crippen LogP contribution in [0, 0.1) is 5.41 Å². The molecule has 0 bridgehead atoms. The van der Waals surface area contributed by atoms with Crippen LogP contribution in [-0.2, 0) is 4.79 Å². The maximum Gasteiger partial charge on any atom is 0.230 e. The number of para-hydroxylation sites is 1. The molecule has 114 valence electrons. The number of anilines is 1. The zero-order valence-electron chi connectivity index (χ0n) is 12.6. The molecule has 1 amide bonds. The first-order valence-electron chi connectivity index (χ1n) is 7.26. The van der Waals surface area contributed by atoms with Gasteiger partial charge in [-0.05, 0) is 25.0 Å². The summed E-state index contributed by atoms with van der Waals surface area (Å²) >= 11 is 5.07. The van der Waals surface area contributed by atoms with Gasteiger partial charge in [-0.3, -0.25) is 4.79 Å². The van der Waals surface area contributed by atoms with Gasteiger partial charge >= 0.3 is 0 Å². The molecule has 5 heteroatoms. The SMILES string of the molecule is COc1cccc(C(N)=S)c1NC(=O)C1(C)CCCCC1. The average molecular weight is 306 g/mol. The van der Waals surface area contributed by atoms with Gasteiger partial charge in [-0.1, -0.05) is 44.5 Å². The Balaban J connectivity index is 2.29. The topological polar surface area (TPSA) is 64.3 Å². The second-order valence-electron chi connectivity index (χ2n) is 5.82. The fourth-order valence-electron chi connectivity index (χ4n) is 2.86. The molecule has 2 rings (SSSR count). The Bertz CT molecular complexity index is 551. The second kappa shape index (κ2) is 6.43. The van der Waals surface area contributed by atoms with Crippen LogP contribution in [0.2, 0.25) is 0 Å². The minimum Gasteiger partial charge on any atom is -0.495 e. The molecule has 0 atom stereocenters. The number of nitrogens with one attached hydrogen (secondary N) is 1. The minimum absolute atomic E-state index is 0.0178. The minimum atomic E-state index is -0.327. The summed E-state index contributed by atoms with van der Waals surface area (Å²) < 4.78 is 5.33. The van der Waals surface area contributed by atoms with Crippen molar-refractivity contribution >= 4 is 28.8 Å². The van der Waals surface area contributed by atoms with Gasteiger partial charge in [0.1, 0.15) is 10.7 Å². The summed E-state index contributed by atoms with van der Waals surface area (Å²) in [7, 11) is 1.57. The molecule has 0 spiro atoms. The smallest absolute Gasteiger partial charge is 0.230 e. The summed E-state index contributed by atoms with van der Waals surface area (Å²) in [6.07, 6.45) is 5.22. The van der Waals surface area contributed by atoms with Gasteiger partial charge in [-0.25, -0.2) is 0 Å². The predicted molar refractivity (Wildman–Crippen MR) is 88.7 cm³/mol. The summed E-state index contributed by atoms with van der Waals surface area (Å²) in [5, 5.41) is 2.99. The van der Waals surface area contributed by atoms with Crippen molar-refractivity contribution in [1.29, 1.82) is 0 Å². The number of hydrogen-bond donors (Lipinski definition) is 2. The van der Waals surface area contributed by atoms with E-state index in [0.29, 0.717) is 17.0 Å². The van der Waals surface area contributed by atoms with Crippen LogP contribution < -0.4 is 15.8 Å². The lowest BCUT2D eigenvalue weighted by Gasteiger charge is -2.32. The highest BCUT2D eigenvalue weighted by Gasteiger charge is 2.35. The molecule has 21 heavy (non-hydrogen) atoms. The Morgan fingerprint density at radius 3 is 2.57 bits per heavy atom. The number of nitrogens with two attached hydrogens (primary N) is 1. The molecule has 0 aliphatic heterocycles. The fourth-order valence-corrected chi connectivity index (χ4v) is 3.03. The molecule has 1 saturated carbocycles. The molecule has 1 aromatic rings. The Hall–Kier alpha value is -1.62. The number of thiocarbonyl (C=S) groups is 1. The number of carbonyl (C=O) groups excluding carboxylic acids is 1. The van der Waals surface area contributed by atoms with Gasteiger partial charge in [0.25, 0.3) is 0 Å². The van der Waals surface area contributed by atoms with E-state index in [1.54, 1.807) is 19.2 Å².